The summed E-state index contributed by atoms with van der Waals surface area (Å²) >= 11 is 7.64. The second-order valence-corrected chi connectivity index (χ2v) is 6.39. The molecule has 0 spiro atoms. The van der Waals surface area contributed by atoms with Crippen molar-refractivity contribution >= 4 is 39.9 Å². The fourth-order valence-corrected chi connectivity index (χ4v) is 3.45. The van der Waals surface area contributed by atoms with Crippen molar-refractivity contribution in [2.75, 3.05) is 33.2 Å². The normalized spacial score (nSPS) is 17.7. The molecule has 21 heavy (non-hydrogen) atoms. The Morgan fingerprint density at radius 2 is 2.24 bits per heavy atom. The van der Waals surface area contributed by atoms with E-state index in [1.807, 2.05) is 20.9 Å². The number of halogens is 1. The molecule has 3 heterocycles. The molecule has 5 nitrogen and oxygen atoms in total. The van der Waals surface area contributed by atoms with Crippen LogP contribution in [-0.4, -0.2) is 58.3 Å². The molecule has 1 fully saturated rings. The minimum Gasteiger partial charge on any atom is -0.338 e. The van der Waals surface area contributed by atoms with Crippen LogP contribution in [-0.2, 0) is 4.79 Å². The lowest BCUT2D eigenvalue weighted by molar-refractivity contribution is -0.125. The standard InChI is InChI=1S/C14H17ClN4OS/c1-17-5-2-6-18(8-7-17)12(20)4-3-11-13(15)16-14-19(11)9-10-21-14/h3-4,9-10H,2,5-8H2,1H3/b4-3+. The topological polar surface area (TPSA) is 40.8 Å². The summed E-state index contributed by atoms with van der Waals surface area (Å²) in [5.41, 5.74) is 0.758. The molecule has 0 unspecified atom stereocenters. The van der Waals surface area contributed by atoms with Crippen LogP contribution in [0.3, 0.4) is 0 Å². The van der Waals surface area contributed by atoms with Gasteiger partial charge in [0.25, 0.3) is 0 Å². The van der Waals surface area contributed by atoms with Gasteiger partial charge in [-0.1, -0.05) is 11.6 Å². The van der Waals surface area contributed by atoms with Gasteiger partial charge < -0.3 is 9.80 Å². The Kier molecular flexibility index (Phi) is 4.28. The molecular formula is C14H17ClN4OS. The summed E-state index contributed by atoms with van der Waals surface area (Å²) < 4.78 is 1.90. The van der Waals surface area contributed by atoms with Crippen molar-refractivity contribution in [1.82, 2.24) is 19.2 Å². The van der Waals surface area contributed by atoms with Crippen molar-refractivity contribution in [1.29, 1.82) is 0 Å². The van der Waals surface area contributed by atoms with Gasteiger partial charge in [-0.2, -0.15) is 0 Å². The Hall–Kier alpha value is -1.37. The lowest BCUT2D eigenvalue weighted by Crippen LogP contribution is -2.33. The zero-order chi connectivity index (χ0) is 14.8. The fraction of sp³-hybridized carbons (Fsp3) is 0.429. The summed E-state index contributed by atoms with van der Waals surface area (Å²) in [6.45, 7) is 3.54. The third-order valence-corrected chi connectivity index (χ3v) is 4.70. The molecule has 0 N–H and O–H groups in total. The molecule has 2 aromatic heterocycles. The largest absolute Gasteiger partial charge is 0.338 e. The maximum atomic E-state index is 12.3. The van der Waals surface area contributed by atoms with Crippen molar-refractivity contribution in [2.45, 2.75) is 6.42 Å². The number of hydrogen-bond acceptors (Lipinski definition) is 4. The summed E-state index contributed by atoms with van der Waals surface area (Å²) in [6.07, 6.45) is 6.27. The molecule has 0 saturated carbocycles. The van der Waals surface area contributed by atoms with E-state index in [-0.39, 0.29) is 5.91 Å². The Morgan fingerprint density at radius 1 is 1.38 bits per heavy atom. The van der Waals surface area contributed by atoms with E-state index >= 15 is 0 Å². The second-order valence-electron chi connectivity index (χ2n) is 5.16. The van der Waals surface area contributed by atoms with Crippen LogP contribution in [0.25, 0.3) is 11.0 Å². The maximum absolute atomic E-state index is 12.3. The van der Waals surface area contributed by atoms with E-state index in [1.54, 1.807) is 12.2 Å². The monoisotopic (exact) mass is 324 g/mol. The number of hydrogen-bond donors (Lipinski definition) is 0. The number of imidazole rings is 1. The van der Waals surface area contributed by atoms with Crippen LogP contribution in [0.4, 0.5) is 0 Å². The molecule has 3 rings (SSSR count). The molecule has 1 saturated heterocycles. The van der Waals surface area contributed by atoms with Crippen molar-refractivity contribution in [3.05, 3.63) is 28.5 Å². The van der Waals surface area contributed by atoms with E-state index in [2.05, 4.69) is 16.9 Å². The number of fused-ring (bicyclic) bond motifs is 1. The van der Waals surface area contributed by atoms with Gasteiger partial charge in [-0.05, 0) is 26.1 Å². The van der Waals surface area contributed by atoms with Crippen LogP contribution >= 0.6 is 22.9 Å². The van der Waals surface area contributed by atoms with Gasteiger partial charge in [0.05, 0.1) is 5.69 Å². The average molecular weight is 325 g/mol. The van der Waals surface area contributed by atoms with E-state index < -0.39 is 0 Å². The Balaban J connectivity index is 1.74. The predicted octanol–water partition coefficient (Wildman–Crippen LogP) is 2.23. The van der Waals surface area contributed by atoms with Crippen molar-refractivity contribution in [2.24, 2.45) is 0 Å². The molecule has 1 amide bonds. The van der Waals surface area contributed by atoms with Crippen LogP contribution < -0.4 is 0 Å². The van der Waals surface area contributed by atoms with Crippen LogP contribution in [0.15, 0.2) is 17.7 Å². The first-order valence-electron chi connectivity index (χ1n) is 6.92. The molecule has 112 valence electrons. The first kappa shape index (κ1) is 14.6. The number of likely N-dealkylation sites (N-methyl/N-ethyl adjacent to an activating group) is 1. The van der Waals surface area contributed by atoms with Crippen LogP contribution in [0.5, 0.6) is 0 Å². The van der Waals surface area contributed by atoms with Gasteiger partial charge in [0.2, 0.25) is 5.91 Å². The second kappa shape index (κ2) is 6.17. The first-order chi connectivity index (χ1) is 10.1. The zero-order valence-electron chi connectivity index (χ0n) is 11.8. The van der Waals surface area contributed by atoms with Crippen LogP contribution in [0.2, 0.25) is 5.15 Å². The molecule has 1 aliphatic heterocycles. The smallest absolute Gasteiger partial charge is 0.246 e. The molecule has 0 atom stereocenters. The predicted molar refractivity (Wildman–Crippen MR) is 85.8 cm³/mol. The van der Waals surface area contributed by atoms with E-state index in [0.717, 1.165) is 43.3 Å². The molecule has 0 aromatic carbocycles. The van der Waals surface area contributed by atoms with Crippen molar-refractivity contribution < 1.29 is 4.79 Å². The quantitative estimate of drug-likeness (QED) is 0.795. The summed E-state index contributed by atoms with van der Waals surface area (Å²) in [5.74, 6) is 0.0338. The first-order valence-corrected chi connectivity index (χ1v) is 8.17. The number of carbonyl (C=O) groups is 1. The Morgan fingerprint density at radius 3 is 3.10 bits per heavy atom. The van der Waals surface area contributed by atoms with Gasteiger partial charge in [0.15, 0.2) is 10.1 Å². The summed E-state index contributed by atoms with van der Waals surface area (Å²) in [6, 6.07) is 0. The van der Waals surface area contributed by atoms with Gasteiger partial charge in [0.1, 0.15) is 0 Å². The van der Waals surface area contributed by atoms with Crippen molar-refractivity contribution in [3.8, 4) is 0 Å². The number of rotatable bonds is 2. The highest BCUT2D eigenvalue weighted by molar-refractivity contribution is 7.15. The highest BCUT2D eigenvalue weighted by Crippen LogP contribution is 2.22. The molecular weight excluding hydrogens is 308 g/mol. The summed E-state index contributed by atoms with van der Waals surface area (Å²) in [5, 5.41) is 2.38. The minimum atomic E-state index is 0.0338. The molecule has 1 aliphatic rings. The van der Waals surface area contributed by atoms with Gasteiger partial charge in [-0.15, -0.1) is 11.3 Å². The summed E-state index contributed by atoms with van der Waals surface area (Å²) in [7, 11) is 2.09. The van der Waals surface area contributed by atoms with E-state index in [1.165, 1.54) is 11.3 Å². The third kappa shape index (κ3) is 3.12. The van der Waals surface area contributed by atoms with E-state index in [0.29, 0.717) is 5.15 Å². The Bertz CT molecular complexity index is 678. The maximum Gasteiger partial charge on any atom is 0.246 e. The number of carbonyl (C=O) groups excluding carboxylic acids is 1. The number of thiazole rings is 1. The van der Waals surface area contributed by atoms with Crippen LogP contribution in [0, 0.1) is 0 Å². The van der Waals surface area contributed by atoms with Crippen molar-refractivity contribution in [3.63, 3.8) is 0 Å². The number of aromatic nitrogens is 2. The SMILES string of the molecule is CN1CCCN(C(=O)/C=C/c2c(Cl)nc3sccn23)CC1. The van der Waals surface area contributed by atoms with Gasteiger partial charge in [0, 0.05) is 37.3 Å². The molecule has 7 heteroatoms. The molecule has 0 radical (unpaired) electrons. The lowest BCUT2D eigenvalue weighted by atomic mass is 10.3. The molecule has 2 aromatic rings. The molecule has 0 bridgehead atoms. The van der Waals surface area contributed by atoms with Gasteiger partial charge in [-0.25, -0.2) is 4.98 Å². The highest BCUT2D eigenvalue weighted by atomic mass is 35.5. The van der Waals surface area contributed by atoms with Gasteiger partial charge in [-0.3, -0.25) is 9.20 Å². The van der Waals surface area contributed by atoms with Gasteiger partial charge >= 0.3 is 0 Å². The zero-order valence-corrected chi connectivity index (χ0v) is 13.4. The summed E-state index contributed by atoms with van der Waals surface area (Å²) in [4.78, 5) is 21.5. The lowest BCUT2D eigenvalue weighted by Gasteiger charge is -2.18. The van der Waals surface area contributed by atoms with E-state index in [9.17, 15) is 4.79 Å². The third-order valence-electron chi connectivity index (χ3n) is 3.67. The fourth-order valence-electron chi connectivity index (χ4n) is 2.45. The highest BCUT2D eigenvalue weighted by Gasteiger charge is 2.16. The average Bonchev–Trinajstić information content (AvgIpc) is 2.92. The molecule has 0 aliphatic carbocycles. The number of nitrogens with zero attached hydrogens (tertiary/aromatic N) is 4. The Labute approximate surface area is 132 Å². The van der Waals surface area contributed by atoms with E-state index in [4.69, 9.17) is 11.6 Å². The van der Waals surface area contributed by atoms with Crippen LogP contribution in [0.1, 0.15) is 12.1 Å². The minimum absolute atomic E-state index is 0.0338. The number of amides is 1.